The number of aliphatic hydroxyl groups is 2. The van der Waals surface area contributed by atoms with Gasteiger partial charge in [-0.15, -0.1) is 0 Å². The first-order valence-corrected chi connectivity index (χ1v) is 8.87. The maximum atomic E-state index is 13.1. The lowest BCUT2D eigenvalue weighted by Crippen LogP contribution is -2.51. The molecule has 0 spiro atoms. The summed E-state index contributed by atoms with van der Waals surface area (Å²) in [6, 6.07) is 14.0. The van der Waals surface area contributed by atoms with Crippen LogP contribution in [-0.2, 0) is 0 Å². The Morgan fingerprint density at radius 3 is 1.97 bits per heavy atom. The molecule has 1 heterocycles. The van der Waals surface area contributed by atoms with E-state index in [4.69, 9.17) is 0 Å². The minimum absolute atomic E-state index is 0.160. The summed E-state index contributed by atoms with van der Waals surface area (Å²) in [6.07, 6.45) is -1.42. The van der Waals surface area contributed by atoms with Gasteiger partial charge in [-0.3, -0.25) is 24.6 Å². The van der Waals surface area contributed by atoms with E-state index in [1.54, 1.807) is 36.4 Å². The molecule has 0 saturated heterocycles. The van der Waals surface area contributed by atoms with Crippen molar-refractivity contribution in [3.8, 4) is 0 Å². The molecule has 0 aromatic heterocycles. The van der Waals surface area contributed by atoms with Crippen LogP contribution in [0.5, 0.6) is 0 Å². The maximum absolute atomic E-state index is 13.1. The van der Waals surface area contributed by atoms with Gasteiger partial charge in [0.25, 0.3) is 17.5 Å². The van der Waals surface area contributed by atoms with E-state index in [2.05, 4.69) is 0 Å². The minimum Gasteiger partial charge on any atom is -0.394 e. The first-order chi connectivity index (χ1) is 13.9. The van der Waals surface area contributed by atoms with Gasteiger partial charge >= 0.3 is 0 Å². The number of hydrogen-bond acceptors (Lipinski definition) is 6. The highest BCUT2D eigenvalue weighted by Gasteiger charge is 2.40. The number of amides is 2. The van der Waals surface area contributed by atoms with Gasteiger partial charge in [0.1, 0.15) is 6.10 Å². The number of benzene rings is 3. The van der Waals surface area contributed by atoms with E-state index in [1.807, 2.05) is 0 Å². The van der Waals surface area contributed by atoms with E-state index < -0.39 is 35.5 Å². The second kappa shape index (κ2) is 7.08. The molecule has 3 aromatic rings. The van der Waals surface area contributed by atoms with Crippen LogP contribution in [0, 0.1) is 10.1 Å². The normalized spacial score (nSPS) is 15.4. The minimum atomic E-state index is -1.42. The predicted molar refractivity (Wildman–Crippen MR) is 103 cm³/mol. The van der Waals surface area contributed by atoms with Gasteiger partial charge in [0.05, 0.1) is 17.6 Å². The quantitative estimate of drug-likeness (QED) is 0.391. The van der Waals surface area contributed by atoms with Crippen LogP contribution < -0.4 is 0 Å². The maximum Gasteiger partial charge on any atom is 0.269 e. The van der Waals surface area contributed by atoms with Gasteiger partial charge in [-0.2, -0.15) is 0 Å². The fraction of sp³-hybridized carbons (Fsp3) is 0.143. The van der Waals surface area contributed by atoms with Crippen LogP contribution in [0.25, 0.3) is 10.8 Å². The SMILES string of the molecule is O=C1c2cccc3cccc(c23)C(=O)N1[C@H](CO)[C@H](O)c1ccc([N+](=O)[O-])cc1. The lowest BCUT2D eigenvalue weighted by atomic mass is 9.91. The summed E-state index contributed by atoms with van der Waals surface area (Å²) >= 11 is 0. The number of carbonyl (C=O) groups excluding carboxylic acids is 2. The van der Waals surface area contributed by atoms with Gasteiger partial charge in [0.2, 0.25) is 0 Å². The fourth-order valence-electron chi connectivity index (χ4n) is 3.69. The third-order valence-corrected chi connectivity index (χ3v) is 5.13. The van der Waals surface area contributed by atoms with Gasteiger partial charge in [-0.1, -0.05) is 24.3 Å². The van der Waals surface area contributed by atoms with Crippen LogP contribution in [0.2, 0.25) is 0 Å². The molecule has 2 atom stereocenters. The molecular weight excluding hydrogens is 376 g/mol. The first kappa shape index (κ1) is 18.7. The van der Waals surface area contributed by atoms with Crippen molar-refractivity contribution in [2.24, 2.45) is 0 Å². The molecule has 29 heavy (non-hydrogen) atoms. The predicted octanol–water partition coefficient (Wildman–Crippen LogP) is 2.44. The van der Waals surface area contributed by atoms with Crippen molar-refractivity contribution in [3.63, 3.8) is 0 Å². The number of rotatable bonds is 5. The van der Waals surface area contributed by atoms with Gasteiger partial charge in [0.15, 0.2) is 0 Å². The average molecular weight is 392 g/mol. The molecule has 1 aliphatic heterocycles. The van der Waals surface area contributed by atoms with Crippen molar-refractivity contribution in [1.82, 2.24) is 4.90 Å². The Hall–Kier alpha value is -3.62. The Morgan fingerprint density at radius 2 is 1.48 bits per heavy atom. The molecule has 8 heteroatoms. The van der Waals surface area contributed by atoms with Crippen molar-refractivity contribution in [2.75, 3.05) is 6.61 Å². The third kappa shape index (κ3) is 2.95. The zero-order valence-corrected chi connectivity index (χ0v) is 15.1. The smallest absolute Gasteiger partial charge is 0.269 e. The number of carbonyl (C=O) groups is 2. The molecule has 0 aliphatic carbocycles. The Morgan fingerprint density at radius 1 is 0.931 bits per heavy atom. The topological polar surface area (TPSA) is 121 Å². The summed E-state index contributed by atoms with van der Waals surface area (Å²) in [6.45, 7) is -0.673. The Labute approximate surface area is 164 Å². The highest BCUT2D eigenvalue weighted by molar-refractivity contribution is 6.25. The van der Waals surface area contributed by atoms with Crippen molar-refractivity contribution in [3.05, 3.63) is 87.5 Å². The molecule has 3 aromatic carbocycles. The molecule has 0 fully saturated rings. The van der Waals surface area contributed by atoms with Crippen molar-refractivity contribution in [2.45, 2.75) is 12.1 Å². The highest BCUT2D eigenvalue weighted by atomic mass is 16.6. The van der Waals surface area contributed by atoms with Crippen LogP contribution in [0.3, 0.4) is 0 Å². The molecular formula is C21H16N2O6. The molecule has 0 saturated carbocycles. The van der Waals surface area contributed by atoms with E-state index in [-0.39, 0.29) is 11.3 Å². The van der Waals surface area contributed by atoms with Gasteiger partial charge in [-0.05, 0) is 35.2 Å². The zero-order valence-electron chi connectivity index (χ0n) is 15.1. The van der Waals surface area contributed by atoms with E-state index >= 15 is 0 Å². The lowest BCUT2D eigenvalue weighted by Gasteiger charge is -2.35. The summed E-state index contributed by atoms with van der Waals surface area (Å²) < 4.78 is 0. The zero-order chi connectivity index (χ0) is 20.7. The molecule has 2 N–H and O–H groups in total. The number of hydrogen-bond donors (Lipinski definition) is 2. The van der Waals surface area contributed by atoms with E-state index in [9.17, 15) is 29.9 Å². The first-order valence-electron chi connectivity index (χ1n) is 8.87. The van der Waals surface area contributed by atoms with Gasteiger partial charge < -0.3 is 10.2 Å². The highest BCUT2D eigenvalue weighted by Crippen LogP contribution is 2.33. The summed E-state index contributed by atoms with van der Waals surface area (Å²) in [4.78, 5) is 37.3. The van der Waals surface area contributed by atoms with Crippen molar-refractivity contribution in [1.29, 1.82) is 0 Å². The molecule has 4 rings (SSSR count). The van der Waals surface area contributed by atoms with E-state index in [0.29, 0.717) is 16.5 Å². The van der Waals surface area contributed by atoms with Gasteiger partial charge in [0, 0.05) is 28.6 Å². The second-order valence-electron chi connectivity index (χ2n) is 6.73. The number of nitro groups is 1. The van der Waals surface area contributed by atoms with Crippen LogP contribution in [-0.4, -0.2) is 44.5 Å². The summed E-state index contributed by atoms with van der Waals surface area (Å²) in [7, 11) is 0. The van der Waals surface area contributed by atoms with E-state index in [0.717, 1.165) is 10.3 Å². The van der Waals surface area contributed by atoms with Crippen molar-refractivity contribution >= 4 is 28.3 Å². The van der Waals surface area contributed by atoms with Crippen LogP contribution in [0.4, 0.5) is 5.69 Å². The number of non-ortho nitro benzene ring substituents is 1. The summed E-state index contributed by atoms with van der Waals surface area (Å²) in [5, 5.41) is 32.8. The second-order valence-corrected chi connectivity index (χ2v) is 6.73. The molecule has 8 nitrogen and oxygen atoms in total. The number of nitro benzene ring substituents is 1. The standard InChI is InChI=1S/C21H16N2O6/c24-11-17(19(25)13-7-9-14(10-8-13)23(28)29)22-20(26)15-5-1-3-12-4-2-6-16(18(12)15)21(22)27/h1-10,17,19,24-25H,11H2/t17-,19-/m1/s1. The van der Waals surface area contributed by atoms with Crippen LogP contribution >= 0.6 is 0 Å². The molecule has 0 unspecified atom stereocenters. The van der Waals surface area contributed by atoms with Crippen LogP contribution in [0.1, 0.15) is 32.4 Å². The Bertz CT molecular complexity index is 1090. The summed E-state index contributed by atoms with van der Waals surface area (Å²) in [5.41, 5.74) is 0.707. The third-order valence-electron chi connectivity index (χ3n) is 5.13. The van der Waals surface area contributed by atoms with Crippen LogP contribution in [0.15, 0.2) is 60.7 Å². The molecule has 1 aliphatic rings. The number of imide groups is 1. The van der Waals surface area contributed by atoms with Gasteiger partial charge in [-0.25, -0.2) is 0 Å². The number of aliphatic hydroxyl groups excluding tert-OH is 2. The monoisotopic (exact) mass is 392 g/mol. The Balaban J connectivity index is 1.75. The molecule has 2 amide bonds. The molecule has 0 radical (unpaired) electrons. The molecule has 146 valence electrons. The average Bonchev–Trinajstić information content (AvgIpc) is 2.74. The van der Waals surface area contributed by atoms with Crippen molar-refractivity contribution < 1.29 is 24.7 Å². The molecule has 0 bridgehead atoms. The Kier molecular flexibility index (Phi) is 4.57. The largest absolute Gasteiger partial charge is 0.394 e. The van der Waals surface area contributed by atoms with E-state index in [1.165, 1.54) is 24.3 Å². The number of nitrogens with zero attached hydrogens (tertiary/aromatic N) is 2. The lowest BCUT2D eigenvalue weighted by molar-refractivity contribution is -0.384. The fourth-order valence-corrected chi connectivity index (χ4v) is 3.69. The summed E-state index contributed by atoms with van der Waals surface area (Å²) in [5.74, 6) is -1.22.